The minimum Gasteiger partial charge on any atom is -0.384 e. The number of carbonyl (C=O) groups is 1. The summed E-state index contributed by atoms with van der Waals surface area (Å²) in [6.07, 6.45) is 3.76. The highest BCUT2D eigenvalue weighted by Gasteiger charge is 2.18. The topological polar surface area (TPSA) is 26.3 Å². The molecule has 0 aromatic rings. The SMILES string of the molecule is COCC1CCCC(=O)C1. The maximum atomic E-state index is 10.9. The molecule has 2 heteroatoms. The molecule has 0 spiro atoms. The van der Waals surface area contributed by atoms with E-state index in [1.165, 1.54) is 6.42 Å². The molecule has 0 amide bonds. The molecule has 1 unspecified atom stereocenters. The Kier molecular flexibility index (Phi) is 2.87. The summed E-state index contributed by atoms with van der Waals surface area (Å²) in [6, 6.07) is 0. The summed E-state index contributed by atoms with van der Waals surface area (Å²) in [6.45, 7) is 0.756. The third-order valence-corrected chi connectivity index (χ3v) is 1.99. The Labute approximate surface area is 61.6 Å². The Bertz CT molecular complexity index is 118. The lowest BCUT2D eigenvalue weighted by molar-refractivity contribution is -0.122. The van der Waals surface area contributed by atoms with Crippen molar-refractivity contribution >= 4 is 5.78 Å². The average Bonchev–Trinajstić information content (AvgIpc) is 1.88. The Morgan fingerprint density at radius 1 is 1.70 bits per heavy atom. The lowest BCUT2D eigenvalue weighted by Gasteiger charge is -2.19. The molecule has 0 radical (unpaired) electrons. The van der Waals surface area contributed by atoms with Gasteiger partial charge in [0.05, 0.1) is 0 Å². The molecule has 0 aromatic carbocycles. The third kappa shape index (κ3) is 2.10. The van der Waals surface area contributed by atoms with E-state index in [1.54, 1.807) is 7.11 Å². The molecule has 0 heterocycles. The Hall–Kier alpha value is -0.370. The quantitative estimate of drug-likeness (QED) is 0.582. The van der Waals surface area contributed by atoms with Crippen molar-refractivity contribution < 1.29 is 9.53 Å². The average molecular weight is 142 g/mol. The van der Waals surface area contributed by atoms with E-state index in [0.29, 0.717) is 11.7 Å². The lowest BCUT2D eigenvalue weighted by Crippen LogP contribution is -2.18. The fraction of sp³-hybridized carbons (Fsp3) is 0.875. The zero-order valence-electron chi connectivity index (χ0n) is 6.43. The van der Waals surface area contributed by atoms with E-state index in [9.17, 15) is 4.79 Å². The number of ether oxygens (including phenoxy) is 1. The van der Waals surface area contributed by atoms with Crippen molar-refractivity contribution in [2.75, 3.05) is 13.7 Å². The predicted octanol–water partition coefficient (Wildman–Crippen LogP) is 1.39. The number of carbonyl (C=O) groups excluding carboxylic acids is 1. The number of hydrogen-bond donors (Lipinski definition) is 0. The molecule has 58 valence electrons. The number of Topliss-reactive ketones (excluding diaryl/α,β-unsaturated/α-hetero) is 1. The molecule has 1 aliphatic carbocycles. The van der Waals surface area contributed by atoms with Gasteiger partial charge in [0.15, 0.2) is 0 Å². The van der Waals surface area contributed by atoms with E-state index in [2.05, 4.69) is 0 Å². The van der Waals surface area contributed by atoms with Gasteiger partial charge in [-0.3, -0.25) is 4.79 Å². The van der Waals surface area contributed by atoms with Gasteiger partial charge in [-0.15, -0.1) is 0 Å². The summed E-state index contributed by atoms with van der Waals surface area (Å²) in [7, 11) is 1.69. The molecule has 1 fully saturated rings. The van der Waals surface area contributed by atoms with Gasteiger partial charge in [0.1, 0.15) is 5.78 Å². The molecule has 2 nitrogen and oxygen atoms in total. The summed E-state index contributed by atoms with van der Waals surface area (Å²) in [4.78, 5) is 10.9. The molecule has 1 saturated carbocycles. The molecule has 1 rings (SSSR count). The fourth-order valence-corrected chi connectivity index (χ4v) is 1.49. The molecule has 0 N–H and O–H groups in total. The largest absolute Gasteiger partial charge is 0.384 e. The Balaban J connectivity index is 2.25. The van der Waals surface area contributed by atoms with E-state index < -0.39 is 0 Å². The molecular formula is C8H14O2. The molecule has 0 saturated heterocycles. The molecule has 0 aliphatic heterocycles. The first-order chi connectivity index (χ1) is 4.83. The summed E-state index contributed by atoms with van der Waals surface area (Å²) < 4.78 is 4.98. The molecular weight excluding hydrogens is 128 g/mol. The van der Waals surface area contributed by atoms with Gasteiger partial charge in [0.25, 0.3) is 0 Å². The van der Waals surface area contributed by atoms with Crippen LogP contribution in [0.2, 0.25) is 0 Å². The first-order valence-electron chi connectivity index (χ1n) is 3.83. The van der Waals surface area contributed by atoms with E-state index in [0.717, 1.165) is 25.9 Å². The van der Waals surface area contributed by atoms with Gasteiger partial charge in [0.2, 0.25) is 0 Å². The second-order valence-corrected chi connectivity index (χ2v) is 2.96. The summed E-state index contributed by atoms with van der Waals surface area (Å²) >= 11 is 0. The van der Waals surface area contributed by atoms with Crippen LogP contribution in [0, 0.1) is 5.92 Å². The van der Waals surface area contributed by atoms with Crippen LogP contribution in [-0.4, -0.2) is 19.5 Å². The predicted molar refractivity (Wildman–Crippen MR) is 38.8 cm³/mol. The first-order valence-corrected chi connectivity index (χ1v) is 3.83. The second kappa shape index (κ2) is 3.71. The van der Waals surface area contributed by atoms with Crippen LogP contribution >= 0.6 is 0 Å². The van der Waals surface area contributed by atoms with Gasteiger partial charge >= 0.3 is 0 Å². The van der Waals surface area contributed by atoms with Crippen molar-refractivity contribution in [3.05, 3.63) is 0 Å². The fourth-order valence-electron chi connectivity index (χ4n) is 1.49. The van der Waals surface area contributed by atoms with E-state index in [1.807, 2.05) is 0 Å². The number of rotatable bonds is 2. The van der Waals surface area contributed by atoms with Crippen LogP contribution in [0.4, 0.5) is 0 Å². The van der Waals surface area contributed by atoms with Crippen LogP contribution in [0.3, 0.4) is 0 Å². The van der Waals surface area contributed by atoms with Crippen LogP contribution in [-0.2, 0) is 9.53 Å². The van der Waals surface area contributed by atoms with Gasteiger partial charge in [-0.25, -0.2) is 0 Å². The first kappa shape index (κ1) is 7.73. The Morgan fingerprint density at radius 3 is 3.10 bits per heavy atom. The Morgan fingerprint density at radius 2 is 2.50 bits per heavy atom. The molecule has 0 aromatic heterocycles. The van der Waals surface area contributed by atoms with Crippen molar-refractivity contribution in [2.24, 2.45) is 5.92 Å². The number of methoxy groups -OCH3 is 1. The van der Waals surface area contributed by atoms with Crippen molar-refractivity contribution in [2.45, 2.75) is 25.7 Å². The monoisotopic (exact) mass is 142 g/mol. The third-order valence-electron chi connectivity index (χ3n) is 1.99. The maximum absolute atomic E-state index is 10.9. The molecule has 1 aliphatic rings. The molecule has 10 heavy (non-hydrogen) atoms. The van der Waals surface area contributed by atoms with Gasteiger partial charge in [0, 0.05) is 26.6 Å². The maximum Gasteiger partial charge on any atom is 0.133 e. The van der Waals surface area contributed by atoms with Gasteiger partial charge in [-0.05, 0) is 18.8 Å². The minimum absolute atomic E-state index is 0.410. The standard InChI is InChI=1S/C8H14O2/c1-10-6-7-3-2-4-8(9)5-7/h7H,2-6H2,1H3. The van der Waals surface area contributed by atoms with Crippen LogP contribution in [0.15, 0.2) is 0 Å². The highest BCUT2D eigenvalue weighted by Crippen LogP contribution is 2.20. The summed E-state index contributed by atoms with van der Waals surface area (Å²) in [5.41, 5.74) is 0. The minimum atomic E-state index is 0.410. The zero-order chi connectivity index (χ0) is 7.40. The van der Waals surface area contributed by atoms with Gasteiger partial charge < -0.3 is 4.74 Å². The van der Waals surface area contributed by atoms with Crippen molar-refractivity contribution in [3.8, 4) is 0 Å². The van der Waals surface area contributed by atoms with E-state index in [-0.39, 0.29) is 0 Å². The van der Waals surface area contributed by atoms with Crippen molar-refractivity contribution in [1.29, 1.82) is 0 Å². The van der Waals surface area contributed by atoms with E-state index >= 15 is 0 Å². The normalized spacial score (nSPS) is 26.9. The van der Waals surface area contributed by atoms with Crippen LogP contribution in [0.25, 0.3) is 0 Å². The van der Waals surface area contributed by atoms with Crippen LogP contribution in [0.1, 0.15) is 25.7 Å². The molecule has 1 atom stereocenters. The highest BCUT2D eigenvalue weighted by atomic mass is 16.5. The zero-order valence-corrected chi connectivity index (χ0v) is 6.43. The smallest absolute Gasteiger partial charge is 0.133 e. The van der Waals surface area contributed by atoms with Crippen LogP contribution < -0.4 is 0 Å². The van der Waals surface area contributed by atoms with Gasteiger partial charge in [-0.1, -0.05) is 0 Å². The van der Waals surface area contributed by atoms with Crippen molar-refractivity contribution in [3.63, 3.8) is 0 Å². The number of hydrogen-bond acceptors (Lipinski definition) is 2. The highest BCUT2D eigenvalue weighted by molar-refractivity contribution is 5.79. The summed E-state index contributed by atoms with van der Waals surface area (Å²) in [5.74, 6) is 0.916. The number of ketones is 1. The second-order valence-electron chi connectivity index (χ2n) is 2.96. The summed E-state index contributed by atoms with van der Waals surface area (Å²) in [5, 5.41) is 0. The van der Waals surface area contributed by atoms with Gasteiger partial charge in [-0.2, -0.15) is 0 Å². The van der Waals surface area contributed by atoms with Crippen LogP contribution in [0.5, 0.6) is 0 Å². The van der Waals surface area contributed by atoms with E-state index in [4.69, 9.17) is 4.74 Å². The molecule has 0 bridgehead atoms. The van der Waals surface area contributed by atoms with Crippen molar-refractivity contribution in [1.82, 2.24) is 0 Å². The lowest BCUT2D eigenvalue weighted by atomic mass is 9.89.